The molecule has 0 fully saturated rings. The number of nitrogens with one attached hydrogen (secondary N) is 1. The van der Waals surface area contributed by atoms with Crippen molar-refractivity contribution >= 4 is 62.7 Å². The summed E-state index contributed by atoms with van der Waals surface area (Å²) in [7, 11) is 0. The second kappa shape index (κ2) is 14.7. The number of rotatable bonds is 12. The average Bonchev–Trinajstić information content (AvgIpc) is 2.88. The van der Waals surface area contributed by atoms with Gasteiger partial charge >= 0.3 is 0 Å². The SMILES string of the molecule is CCCNC(=O)[C@H](Cc1ccccc1)N(Cc1ccc(Cl)c(Cl)c1)C(=O)CSCc1ccc(Br)cc1. The predicted octanol–water partition coefficient (Wildman–Crippen LogP) is 7.16. The fourth-order valence-corrected chi connectivity index (χ4v) is 5.13. The van der Waals surface area contributed by atoms with E-state index in [4.69, 9.17) is 23.2 Å². The number of carbonyl (C=O) groups excluding carboxylic acids is 2. The van der Waals surface area contributed by atoms with Crippen LogP contribution >= 0.6 is 50.9 Å². The van der Waals surface area contributed by atoms with Crippen molar-refractivity contribution in [2.45, 2.75) is 38.1 Å². The third-order valence-corrected chi connectivity index (χ3v) is 7.82. The van der Waals surface area contributed by atoms with Crippen LogP contribution < -0.4 is 5.32 Å². The largest absolute Gasteiger partial charge is 0.354 e. The third-order valence-electron chi connectivity index (χ3n) is 5.56. The molecule has 2 amide bonds. The Hall–Kier alpha value is -1.99. The molecule has 0 aliphatic carbocycles. The summed E-state index contributed by atoms with van der Waals surface area (Å²) in [5, 5.41) is 3.86. The highest BCUT2D eigenvalue weighted by Crippen LogP contribution is 2.25. The van der Waals surface area contributed by atoms with E-state index in [0.29, 0.717) is 28.8 Å². The van der Waals surface area contributed by atoms with Crippen LogP contribution in [-0.2, 0) is 28.3 Å². The molecule has 0 aliphatic heterocycles. The smallest absolute Gasteiger partial charge is 0.243 e. The predicted molar refractivity (Wildman–Crippen MR) is 155 cm³/mol. The first-order chi connectivity index (χ1) is 17.4. The zero-order valence-corrected chi connectivity index (χ0v) is 24.0. The molecule has 0 saturated heterocycles. The van der Waals surface area contributed by atoms with Gasteiger partial charge in [-0.1, -0.05) is 94.6 Å². The van der Waals surface area contributed by atoms with E-state index in [1.807, 2.05) is 67.6 Å². The van der Waals surface area contributed by atoms with Crippen molar-refractivity contribution in [1.29, 1.82) is 0 Å². The summed E-state index contributed by atoms with van der Waals surface area (Å²) in [5.41, 5.74) is 2.94. The maximum Gasteiger partial charge on any atom is 0.243 e. The minimum absolute atomic E-state index is 0.101. The van der Waals surface area contributed by atoms with Gasteiger partial charge in [0.2, 0.25) is 11.8 Å². The number of hydrogen-bond acceptors (Lipinski definition) is 3. The number of hydrogen-bond donors (Lipinski definition) is 1. The van der Waals surface area contributed by atoms with Crippen molar-refractivity contribution in [3.05, 3.63) is 104 Å². The van der Waals surface area contributed by atoms with Crippen LogP contribution in [0.2, 0.25) is 10.0 Å². The lowest BCUT2D eigenvalue weighted by molar-refractivity contribution is -0.139. The number of carbonyl (C=O) groups is 2. The first kappa shape index (κ1) is 28.6. The lowest BCUT2D eigenvalue weighted by atomic mass is 10.0. The fraction of sp³-hybridized carbons (Fsp3) is 0.286. The van der Waals surface area contributed by atoms with E-state index < -0.39 is 6.04 Å². The summed E-state index contributed by atoms with van der Waals surface area (Å²) in [6.07, 6.45) is 1.23. The molecule has 3 aromatic rings. The highest BCUT2D eigenvalue weighted by Gasteiger charge is 2.30. The molecule has 0 radical (unpaired) electrons. The van der Waals surface area contributed by atoms with Gasteiger partial charge in [-0.15, -0.1) is 11.8 Å². The first-order valence-electron chi connectivity index (χ1n) is 11.7. The minimum atomic E-state index is -0.658. The van der Waals surface area contributed by atoms with Gasteiger partial charge in [-0.05, 0) is 47.4 Å². The number of nitrogens with zero attached hydrogens (tertiary/aromatic N) is 1. The maximum absolute atomic E-state index is 13.6. The Morgan fingerprint density at radius 3 is 2.31 bits per heavy atom. The molecule has 190 valence electrons. The van der Waals surface area contributed by atoms with E-state index in [2.05, 4.69) is 21.2 Å². The lowest BCUT2D eigenvalue weighted by Gasteiger charge is -2.31. The Kier molecular flexibility index (Phi) is 11.6. The van der Waals surface area contributed by atoms with E-state index in [1.165, 1.54) is 11.8 Å². The first-order valence-corrected chi connectivity index (χ1v) is 14.4. The van der Waals surface area contributed by atoms with Gasteiger partial charge in [0.1, 0.15) is 6.04 Å². The molecule has 0 aliphatic rings. The van der Waals surface area contributed by atoms with Crippen molar-refractivity contribution in [3.8, 4) is 0 Å². The van der Waals surface area contributed by atoms with Crippen LogP contribution in [0.15, 0.2) is 77.3 Å². The quantitative estimate of drug-likeness (QED) is 0.238. The van der Waals surface area contributed by atoms with Gasteiger partial charge in [0.15, 0.2) is 0 Å². The van der Waals surface area contributed by atoms with E-state index in [1.54, 1.807) is 17.0 Å². The fourth-order valence-electron chi connectivity index (χ4n) is 3.67. The van der Waals surface area contributed by atoms with Crippen molar-refractivity contribution in [2.75, 3.05) is 12.3 Å². The van der Waals surface area contributed by atoms with E-state index >= 15 is 0 Å². The Labute approximate surface area is 235 Å². The van der Waals surface area contributed by atoms with Gasteiger partial charge in [0.25, 0.3) is 0 Å². The molecule has 0 unspecified atom stereocenters. The Bertz CT molecular complexity index is 1150. The topological polar surface area (TPSA) is 49.4 Å². The lowest BCUT2D eigenvalue weighted by Crippen LogP contribution is -2.51. The molecule has 0 saturated carbocycles. The van der Waals surface area contributed by atoms with Gasteiger partial charge in [-0.2, -0.15) is 0 Å². The van der Waals surface area contributed by atoms with E-state index in [-0.39, 0.29) is 24.1 Å². The second-order valence-electron chi connectivity index (χ2n) is 8.39. The van der Waals surface area contributed by atoms with Gasteiger partial charge in [0.05, 0.1) is 15.8 Å². The molecule has 0 bridgehead atoms. The highest BCUT2D eigenvalue weighted by atomic mass is 79.9. The van der Waals surface area contributed by atoms with Crippen LogP contribution in [0.5, 0.6) is 0 Å². The summed E-state index contributed by atoms with van der Waals surface area (Å²) in [6, 6.07) is 22.5. The molecule has 36 heavy (non-hydrogen) atoms. The third kappa shape index (κ3) is 8.84. The summed E-state index contributed by atoms with van der Waals surface area (Å²) >= 11 is 17.3. The molecule has 3 rings (SSSR count). The van der Waals surface area contributed by atoms with Crippen LogP contribution in [0.3, 0.4) is 0 Å². The van der Waals surface area contributed by atoms with Gasteiger partial charge in [0, 0.05) is 29.7 Å². The number of amides is 2. The molecular weight excluding hydrogens is 579 g/mol. The number of halogens is 3. The minimum Gasteiger partial charge on any atom is -0.354 e. The average molecular weight is 608 g/mol. The number of thioether (sulfide) groups is 1. The van der Waals surface area contributed by atoms with E-state index in [0.717, 1.165) is 27.6 Å². The summed E-state index contributed by atoms with van der Waals surface area (Å²) < 4.78 is 1.02. The van der Waals surface area contributed by atoms with Crippen molar-refractivity contribution in [2.24, 2.45) is 0 Å². The van der Waals surface area contributed by atoms with Crippen LogP contribution in [0, 0.1) is 0 Å². The molecule has 8 heteroatoms. The van der Waals surface area contributed by atoms with Gasteiger partial charge < -0.3 is 10.2 Å². The van der Waals surface area contributed by atoms with E-state index in [9.17, 15) is 9.59 Å². The summed E-state index contributed by atoms with van der Waals surface area (Å²) in [6.45, 7) is 2.81. The molecule has 1 N–H and O–H groups in total. The second-order valence-corrected chi connectivity index (χ2v) is 11.1. The van der Waals surface area contributed by atoms with Crippen LogP contribution in [0.4, 0.5) is 0 Å². The Morgan fingerprint density at radius 2 is 1.64 bits per heavy atom. The van der Waals surface area contributed by atoms with Crippen molar-refractivity contribution < 1.29 is 9.59 Å². The monoisotopic (exact) mass is 606 g/mol. The van der Waals surface area contributed by atoms with Crippen molar-refractivity contribution in [3.63, 3.8) is 0 Å². The molecule has 4 nitrogen and oxygen atoms in total. The molecule has 0 aromatic heterocycles. The number of benzene rings is 3. The maximum atomic E-state index is 13.6. The van der Waals surface area contributed by atoms with Crippen LogP contribution in [-0.4, -0.2) is 35.1 Å². The van der Waals surface area contributed by atoms with Crippen LogP contribution in [0.25, 0.3) is 0 Å². The molecule has 3 aromatic carbocycles. The Morgan fingerprint density at radius 1 is 0.944 bits per heavy atom. The molecule has 1 atom stereocenters. The molecule has 0 spiro atoms. The van der Waals surface area contributed by atoms with Gasteiger partial charge in [-0.3, -0.25) is 9.59 Å². The molecular formula is C28H29BrCl2N2O2S. The Balaban J connectivity index is 1.84. The zero-order valence-electron chi connectivity index (χ0n) is 20.1. The van der Waals surface area contributed by atoms with Crippen LogP contribution in [0.1, 0.15) is 30.0 Å². The van der Waals surface area contributed by atoms with Crippen molar-refractivity contribution in [1.82, 2.24) is 10.2 Å². The molecule has 0 heterocycles. The highest BCUT2D eigenvalue weighted by molar-refractivity contribution is 9.10. The summed E-state index contributed by atoms with van der Waals surface area (Å²) in [4.78, 5) is 28.6. The van der Waals surface area contributed by atoms with Gasteiger partial charge in [-0.25, -0.2) is 0 Å². The zero-order chi connectivity index (χ0) is 25.9. The summed E-state index contributed by atoms with van der Waals surface area (Å²) in [5.74, 6) is 0.692. The standard InChI is InChI=1S/C28H29BrCl2N2O2S/c1-2-14-32-28(35)26(16-20-6-4-3-5-7-20)33(17-22-10-13-24(30)25(31)15-22)27(34)19-36-18-21-8-11-23(29)12-9-21/h3-13,15,26H,2,14,16-19H2,1H3,(H,32,35)/t26-/m0/s1. The normalized spacial score (nSPS) is 11.7.